The number of hydrogen-bond acceptors (Lipinski definition) is 4. The zero-order chi connectivity index (χ0) is 12.8. The van der Waals surface area contributed by atoms with Crippen molar-refractivity contribution in [1.29, 1.82) is 0 Å². The zero-order valence-corrected chi connectivity index (χ0v) is 11.3. The van der Waals surface area contributed by atoms with Gasteiger partial charge in [0, 0.05) is 38.6 Å². The summed E-state index contributed by atoms with van der Waals surface area (Å²) < 4.78 is 16.3. The maximum Gasteiger partial charge on any atom is 0.104 e. The quantitative estimate of drug-likeness (QED) is 0.753. The number of nitrogens with one attached hydrogen (secondary N) is 1. The molecule has 0 amide bonds. The Balaban J connectivity index is 1.95. The van der Waals surface area contributed by atoms with Crippen molar-refractivity contribution >= 4 is 0 Å². The fourth-order valence-electron chi connectivity index (χ4n) is 2.62. The molecule has 0 spiro atoms. The topological polar surface area (TPSA) is 43.6 Å². The smallest absolute Gasteiger partial charge is 0.104 e. The predicted octanol–water partition coefficient (Wildman–Crippen LogP) is 1.85. The van der Waals surface area contributed by atoms with Gasteiger partial charge in [-0.2, -0.15) is 0 Å². The van der Waals surface area contributed by atoms with Gasteiger partial charge in [-0.25, -0.2) is 0 Å². The fraction of sp³-hybridized carbons (Fsp3) is 0.714. The van der Waals surface area contributed by atoms with E-state index in [0.29, 0.717) is 0 Å². The maximum atomic E-state index is 5.76. The van der Waals surface area contributed by atoms with Gasteiger partial charge in [-0.15, -0.1) is 0 Å². The van der Waals surface area contributed by atoms with E-state index >= 15 is 0 Å². The van der Waals surface area contributed by atoms with Gasteiger partial charge >= 0.3 is 0 Å². The summed E-state index contributed by atoms with van der Waals surface area (Å²) in [4.78, 5) is 0. The molecule has 1 aliphatic heterocycles. The van der Waals surface area contributed by atoms with E-state index < -0.39 is 0 Å². The van der Waals surface area contributed by atoms with Gasteiger partial charge < -0.3 is 19.2 Å². The van der Waals surface area contributed by atoms with Crippen LogP contribution in [0.2, 0.25) is 0 Å². The van der Waals surface area contributed by atoms with Crippen LogP contribution in [0, 0.1) is 5.41 Å². The molecule has 18 heavy (non-hydrogen) atoms. The van der Waals surface area contributed by atoms with Gasteiger partial charge in [0.25, 0.3) is 0 Å². The summed E-state index contributed by atoms with van der Waals surface area (Å²) >= 11 is 0. The van der Waals surface area contributed by atoms with E-state index in [-0.39, 0.29) is 11.5 Å². The van der Waals surface area contributed by atoms with E-state index in [1.807, 2.05) is 12.1 Å². The van der Waals surface area contributed by atoms with E-state index in [1.165, 1.54) is 0 Å². The molecule has 2 heterocycles. The van der Waals surface area contributed by atoms with Crippen LogP contribution in [0.4, 0.5) is 0 Å². The van der Waals surface area contributed by atoms with Crippen LogP contribution in [0.15, 0.2) is 22.8 Å². The van der Waals surface area contributed by atoms with Gasteiger partial charge in [0.15, 0.2) is 0 Å². The summed E-state index contributed by atoms with van der Waals surface area (Å²) in [5.74, 6) is 1.04. The Bertz CT molecular complexity index is 339. The number of ether oxygens (including phenoxy) is 2. The van der Waals surface area contributed by atoms with Crippen LogP contribution in [0.3, 0.4) is 0 Å². The molecular formula is C14H23NO3. The van der Waals surface area contributed by atoms with E-state index in [2.05, 4.69) is 12.2 Å². The first-order valence-electron chi connectivity index (χ1n) is 6.60. The van der Waals surface area contributed by atoms with Crippen molar-refractivity contribution in [3.8, 4) is 0 Å². The van der Waals surface area contributed by atoms with Crippen molar-refractivity contribution in [1.82, 2.24) is 5.32 Å². The Morgan fingerprint density at radius 1 is 1.56 bits per heavy atom. The lowest BCUT2D eigenvalue weighted by molar-refractivity contribution is 0.0593. The van der Waals surface area contributed by atoms with Crippen molar-refractivity contribution in [2.45, 2.75) is 25.9 Å². The van der Waals surface area contributed by atoms with Crippen molar-refractivity contribution in [2.75, 3.05) is 33.4 Å². The summed E-state index contributed by atoms with van der Waals surface area (Å²) in [7, 11) is 1.72. The van der Waals surface area contributed by atoms with E-state index in [4.69, 9.17) is 13.9 Å². The average molecular weight is 253 g/mol. The largest absolute Gasteiger partial charge is 0.469 e. The Labute approximate surface area is 109 Å². The summed E-state index contributed by atoms with van der Waals surface area (Å²) in [5, 5.41) is 3.47. The molecule has 1 aromatic rings. The van der Waals surface area contributed by atoms with Crippen LogP contribution in [-0.4, -0.2) is 39.5 Å². The van der Waals surface area contributed by atoms with Crippen LogP contribution in [0.25, 0.3) is 0 Å². The van der Waals surface area contributed by atoms with Gasteiger partial charge in [0.05, 0.1) is 19.0 Å². The molecule has 1 N–H and O–H groups in total. The molecule has 1 fully saturated rings. The summed E-state index contributed by atoms with van der Waals surface area (Å²) in [6, 6.07) is 3.99. The minimum Gasteiger partial charge on any atom is -0.469 e. The predicted molar refractivity (Wildman–Crippen MR) is 69.6 cm³/mol. The number of furan rings is 1. The summed E-state index contributed by atoms with van der Waals surface area (Å²) in [5.41, 5.74) is 0.144. The third-order valence-corrected chi connectivity index (χ3v) is 3.90. The average Bonchev–Trinajstić information content (AvgIpc) is 2.97. The van der Waals surface area contributed by atoms with Crippen LogP contribution in [0.1, 0.15) is 19.1 Å². The second-order valence-corrected chi connectivity index (χ2v) is 5.05. The monoisotopic (exact) mass is 253 g/mol. The standard InChI is InChI=1S/C14H23NO3/c1-12-14(5-8-17-12,11-15-6-9-16-2)10-13-4-3-7-18-13/h3-4,7,12,15H,5-6,8-11H2,1-2H3. The molecular weight excluding hydrogens is 230 g/mol. The van der Waals surface area contributed by atoms with Crippen molar-refractivity contribution in [3.05, 3.63) is 24.2 Å². The molecule has 2 unspecified atom stereocenters. The third-order valence-electron chi connectivity index (χ3n) is 3.90. The van der Waals surface area contributed by atoms with E-state index in [0.717, 1.165) is 44.9 Å². The van der Waals surface area contributed by atoms with Gasteiger partial charge in [-0.05, 0) is 25.5 Å². The minimum atomic E-state index is 0.144. The molecule has 0 aromatic carbocycles. The number of hydrogen-bond donors (Lipinski definition) is 1. The van der Waals surface area contributed by atoms with E-state index in [9.17, 15) is 0 Å². The third kappa shape index (κ3) is 3.13. The van der Waals surface area contributed by atoms with E-state index in [1.54, 1.807) is 13.4 Å². The Kier molecular flexibility index (Phi) is 4.80. The molecule has 4 nitrogen and oxygen atoms in total. The molecule has 1 aromatic heterocycles. The molecule has 4 heteroatoms. The molecule has 0 aliphatic carbocycles. The first-order valence-corrected chi connectivity index (χ1v) is 6.60. The zero-order valence-electron chi connectivity index (χ0n) is 11.3. The van der Waals surface area contributed by atoms with Gasteiger partial charge in [0.2, 0.25) is 0 Å². The Hall–Kier alpha value is -0.840. The highest BCUT2D eigenvalue weighted by Crippen LogP contribution is 2.37. The molecule has 2 atom stereocenters. The highest BCUT2D eigenvalue weighted by Gasteiger charge is 2.41. The second kappa shape index (κ2) is 6.36. The molecule has 2 rings (SSSR count). The maximum absolute atomic E-state index is 5.76. The normalized spacial score (nSPS) is 27.8. The summed E-state index contributed by atoms with van der Waals surface area (Å²) in [6.07, 6.45) is 4.01. The summed E-state index contributed by atoms with van der Waals surface area (Å²) in [6.45, 7) is 5.56. The van der Waals surface area contributed by atoms with Gasteiger partial charge in [0.1, 0.15) is 5.76 Å². The SMILES string of the molecule is COCCNCC1(Cc2ccco2)CCOC1C. The van der Waals surface area contributed by atoms with Crippen LogP contribution in [0.5, 0.6) is 0 Å². The lowest BCUT2D eigenvalue weighted by Crippen LogP contribution is -2.42. The number of methoxy groups -OCH3 is 1. The molecule has 0 saturated carbocycles. The van der Waals surface area contributed by atoms with Crippen LogP contribution < -0.4 is 5.32 Å². The molecule has 0 bridgehead atoms. The van der Waals surface area contributed by atoms with Gasteiger partial charge in [-0.3, -0.25) is 0 Å². The molecule has 0 radical (unpaired) electrons. The Morgan fingerprint density at radius 2 is 2.44 bits per heavy atom. The minimum absolute atomic E-state index is 0.144. The molecule has 1 aliphatic rings. The number of rotatable bonds is 7. The van der Waals surface area contributed by atoms with Crippen molar-refractivity contribution in [3.63, 3.8) is 0 Å². The highest BCUT2D eigenvalue weighted by molar-refractivity contribution is 5.06. The Morgan fingerprint density at radius 3 is 3.06 bits per heavy atom. The van der Waals surface area contributed by atoms with Crippen molar-refractivity contribution in [2.24, 2.45) is 5.41 Å². The van der Waals surface area contributed by atoms with Gasteiger partial charge in [-0.1, -0.05) is 0 Å². The van der Waals surface area contributed by atoms with Crippen LogP contribution >= 0.6 is 0 Å². The lowest BCUT2D eigenvalue weighted by atomic mass is 9.77. The molecule has 1 saturated heterocycles. The highest BCUT2D eigenvalue weighted by atomic mass is 16.5. The first kappa shape index (κ1) is 13.6. The first-order chi connectivity index (χ1) is 8.77. The fourth-order valence-corrected chi connectivity index (χ4v) is 2.62. The lowest BCUT2D eigenvalue weighted by Gasteiger charge is -2.31. The second-order valence-electron chi connectivity index (χ2n) is 5.05. The van der Waals surface area contributed by atoms with Crippen LogP contribution in [-0.2, 0) is 15.9 Å². The molecule has 102 valence electrons. The van der Waals surface area contributed by atoms with Crippen molar-refractivity contribution < 1.29 is 13.9 Å².